The summed E-state index contributed by atoms with van der Waals surface area (Å²) < 4.78 is 15.3. The molecule has 1 aliphatic rings. The van der Waals surface area contributed by atoms with Crippen molar-refractivity contribution in [3.05, 3.63) is 48.0 Å². The highest BCUT2D eigenvalue weighted by Crippen LogP contribution is 2.39. The van der Waals surface area contributed by atoms with Crippen LogP contribution in [0, 0.1) is 0 Å². The van der Waals surface area contributed by atoms with Crippen LogP contribution in [0.4, 0.5) is 15.3 Å². The van der Waals surface area contributed by atoms with Crippen molar-refractivity contribution in [2.45, 2.75) is 25.6 Å². The maximum Gasteiger partial charge on any atom is 0.405 e. The van der Waals surface area contributed by atoms with E-state index in [9.17, 15) is 29.1 Å². The zero-order valence-electron chi connectivity index (χ0n) is 19.8. The number of nitrogens with one attached hydrogen (secondary N) is 1. The summed E-state index contributed by atoms with van der Waals surface area (Å²) in [5.41, 5.74) is 4.26. The zero-order chi connectivity index (χ0) is 26.8. The van der Waals surface area contributed by atoms with E-state index in [-0.39, 0.29) is 22.7 Å². The number of hydrogen-bond acceptors (Lipinski definition) is 9. The third-order valence-electron chi connectivity index (χ3n) is 5.37. The van der Waals surface area contributed by atoms with Crippen molar-refractivity contribution in [3.8, 4) is 17.2 Å². The molecule has 13 heteroatoms. The van der Waals surface area contributed by atoms with Crippen LogP contribution in [0.15, 0.2) is 42.5 Å². The molecule has 1 fully saturated rings. The maximum absolute atomic E-state index is 13.6. The van der Waals surface area contributed by atoms with E-state index in [0.29, 0.717) is 10.6 Å². The molecule has 1 heterocycles. The van der Waals surface area contributed by atoms with Crippen LogP contribution in [0.2, 0.25) is 0 Å². The number of nitrogens with two attached hydrogens (primary N) is 1. The second kappa shape index (κ2) is 9.92. The summed E-state index contributed by atoms with van der Waals surface area (Å²) in [6.45, 7) is 2.25. The number of rotatable bonds is 6. The Hall–Kier alpha value is -4.65. The molecule has 0 aromatic heterocycles. The lowest BCUT2D eigenvalue weighted by atomic mass is 9.82. The molecule has 0 radical (unpaired) electrons. The first-order valence-electron chi connectivity index (χ1n) is 10.4. The standard InChI is InChI=1S/C23H24N4O9/c1-12(28)35-17-9-14(10-18(11-17)36-13(2)29)23(25-21(31)32)19(24)27(22(33)26(3)20(23)30)15-5-7-16(34-4)8-6-15/h5-11,19,25H,24H2,1-4H3,(H,31,32). The van der Waals surface area contributed by atoms with Crippen molar-refractivity contribution in [1.29, 1.82) is 0 Å². The highest BCUT2D eigenvalue weighted by Gasteiger charge is 2.58. The highest BCUT2D eigenvalue weighted by atomic mass is 16.5. The minimum Gasteiger partial charge on any atom is -0.497 e. The number of nitrogens with zero attached hydrogens (tertiary/aromatic N) is 2. The Morgan fingerprint density at radius 3 is 1.94 bits per heavy atom. The molecule has 190 valence electrons. The number of methoxy groups -OCH3 is 1. The van der Waals surface area contributed by atoms with Crippen molar-refractivity contribution in [1.82, 2.24) is 10.2 Å². The van der Waals surface area contributed by atoms with Gasteiger partial charge in [-0.05, 0) is 42.0 Å². The van der Waals surface area contributed by atoms with Crippen LogP contribution in [0.1, 0.15) is 19.4 Å². The summed E-state index contributed by atoms with van der Waals surface area (Å²) in [6, 6.07) is 8.88. The first-order valence-corrected chi connectivity index (χ1v) is 10.4. The first-order chi connectivity index (χ1) is 16.9. The van der Waals surface area contributed by atoms with Crippen LogP contribution in [-0.4, -0.2) is 60.3 Å². The van der Waals surface area contributed by atoms with E-state index in [4.69, 9.17) is 19.9 Å². The summed E-state index contributed by atoms with van der Waals surface area (Å²) in [5.74, 6) is -2.30. The van der Waals surface area contributed by atoms with Crippen LogP contribution in [0.3, 0.4) is 0 Å². The molecule has 3 rings (SSSR count). The van der Waals surface area contributed by atoms with Gasteiger partial charge in [0.25, 0.3) is 5.91 Å². The molecule has 0 aliphatic carbocycles. The van der Waals surface area contributed by atoms with Crippen LogP contribution >= 0.6 is 0 Å². The molecule has 2 atom stereocenters. The quantitative estimate of drug-likeness (QED) is 0.388. The lowest BCUT2D eigenvalue weighted by Gasteiger charge is -2.49. The number of likely N-dealkylation sites (N-methyl/N-ethyl adjacent to an activating group) is 1. The number of urea groups is 1. The Kier molecular flexibility index (Phi) is 7.15. The molecule has 4 N–H and O–H groups in total. The minimum atomic E-state index is -2.31. The van der Waals surface area contributed by atoms with Crippen molar-refractivity contribution < 1.29 is 43.3 Å². The Bertz CT molecular complexity index is 1200. The fourth-order valence-corrected chi connectivity index (χ4v) is 3.88. The molecule has 1 saturated heterocycles. The van der Waals surface area contributed by atoms with Crippen molar-refractivity contribution in [2.75, 3.05) is 19.1 Å². The zero-order valence-corrected chi connectivity index (χ0v) is 19.8. The molecular weight excluding hydrogens is 476 g/mol. The predicted octanol–water partition coefficient (Wildman–Crippen LogP) is 1.39. The van der Waals surface area contributed by atoms with Gasteiger partial charge in [0.05, 0.1) is 7.11 Å². The number of hydrogen-bond donors (Lipinski definition) is 3. The summed E-state index contributed by atoms with van der Waals surface area (Å²) >= 11 is 0. The number of benzene rings is 2. The van der Waals surface area contributed by atoms with Crippen LogP contribution in [-0.2, 0) is 19.9 Å². The van der Waals surface area contributed by atoms with Crippen LogP contribution in [0.25, 0.3) is 0 Å². The number of ether oxygens (including phenoxy) is 3. The average molecular weight is 500 g/mol. The van der Waals surface area contributed by atoms with Gasteiger partial charge in [0.15, 0.2) is 5.54 Å². The monoisotopic (exact) mass is 500 g/mol. The van der Waals surface area contributed by atoms with Crippen LogP contribution in [0.5, 0.6) is 17.2 Å². The van der Waals surface area contributed by atoms with E-state index < -0.39 is 41.7 Å². The Labute approximate surface area is 205 Å². The molecule has 0 bridgehead atoms. The fourth-order valence-electron chi connectivity index (χ4n) is 3.88. The van der Waals surface area contributed by atoms with Crippen molar-refractivity contribution >= 4 is 35.7 Å². The van der Waals surface area contributed by atoms with Gasteiger partial charge in [0, 0.05) is 32.6 Å². The first kappa shape index (κ1) is 26.0. The van der Waals surface area contributed by atoms with E-state index in [1.807, 2.05) is 0 Å². The molecule has 0 spiro atoms. The number of imide groups is 1. The van der Waals surface area contributed by atoms with Gasteiger partial charge in [-0.3, -0.25) is 24.2 Å². The summed E-state index contributed by atoms with van der Waals surface area (Å²) in [7, 11) is 2.62. The molecule has 2 aromatic rings. The van der Waals surface area contributed by atoms with Crippen molar-refractivity contribution in [2.24, 2.45) is 5.73 Å². The van der Waals surface area contributed by atoms with Gasteiger partial charge in [-0.15, -0.1) is 0 Å². The van der Waals surface area contributed by atoms with Gasteiger partial charge in [0.2, 0.25) is 0 Å². The number of carbonyl (C=O) groups is 5. The minimum absolute atomic E-state index is 0.143. The third kappa shape index (κ3) is 4.77. The lowest BCUT2D eigenvalue weighted by Crippen LogP contribution is -2.76. The molecule has 2 unspecified atom stereocenters. The Morgan fingerprint density at radius 2 is 1.50 bits per heavy atom. The van der Waals surface area contributed by atoms with Crippen molar-refractivity contribution in [3.63, 3.8) is 0 Å². The van der Waals surface area contributed by atoms with E-state index in [1.165, 1.54) is 37.4 Å². The smallest absolute Gasteiger partial charge is 0.405 e. The topological polar surface area (TPSA) is 178 Å². The number of esters is 2. The molecular formula is C23H24N4O9. The average Bonchev–Trinajstić information content (AvgIpc) is 2.80. The van der Waals surface area contributed by atoms with Gasteiger partial charge in [0.1, 0.15) is 23.4 Å². The predicted molar refractivity (Wildman–Crippen MR) is 124 cm³/mol. The Balaban J connectivity index is 2.28. The van der Waals surface area contributed by atoms with E-state index in [2.05, 4.69) is 5.32 Å². The summed E-state index contributed by atoms with van der Waals surface area (Å²) in [5, 5.41) is 11.9. The number of carboxylic acid groups (broad SMARTS) is 1. The van der Waals surface area contributed by atoms with E-state index in [0.717, 1.165) is 25.8 Å². The molecule has 4 amide bonds. The number of amides is 4. The van der Waals surface area contributed by atoms with Gasteiger partial charge in [-0.2, -0.15) is 0 Å². The molecule has 36 heavy (non-hydrogen) atoms. The van der Waals surface area contributed by atoms with E-state index in [1.54, 1.807) is 12.1 Å². The summed E-state index contributed by atoms with van der Waals surface area (Å²) in [6.07, 6.45) is -3.26. The normalized spacial score (nSPS) is 19.5. The summed E-state index contributed by atoms with van der Waals surface area (Å²) in [4.78, 5) is 63.6. The van der Waals surface area contributed by atoms with Gasteiger partial charge < -0.3 is 30.4 Å². The Morgan fingerprint density at radius 1 is 0.972 bits per heavy atom. The van der Waals surface area contributed by atoms with Gasteiger partial charge in [-0.1, -0.05) is 0 Å². The molecule has 1 aliphatic heterocycles. The second-order valence-electron chi connectivity index (χ2n) is 7.78. The second-order valence-corrected chi connectivity index (χ2v) is 7.78. The molecule has 13 nitrogen and oxygen atoms in total. The molecule has 0 saturated carbocycles. The van der Waals surface area contributed by atoms with Gasteiger partial charge in [-0.25, -0.2) is 9.59 Å². The largest absolute Gasteiger partial charge is 0.497 e. The SMILES string of the molecule is COc1ccc(N2C(=O)N(C)C(=O)C(NC(=O)O)(c3cc(OC(C)=O)cc(OC(C)=O)c3)C2N)cc1. The lowest BCUT2D eigenvalue weighted by molar-refractivity contribution is -0.137. The van der Waals surface area contributed by atoms with Gasteiger partial charge >= 0.3 is 24.1 Å². The number of carbonyl (C=O) groups excluding carboxylic acids is 4. The maximum atomic E-state index is 13.6. The molecule has 2 aromatic carbocycles. The van der Waals surface area contributed by atoms with E-state index >= 15 is 0 Å². The number of anilines is 1. The van der Waals surface area contributed by atoms with Crippen LogP contribution < -0.4 is 30.2 Å². The fraction of sp³-hybridized carbons (Fsp3) is 0.261. The third-order valence-corrected chi connectivity index (χ3v) is 5.37. The highest BCUT2D eigenvalue weighted by molar-refractivity contribution is 6.11.